The van der Waals surface area contributed by atoms with Gasteiger partial charge in [-0.05, 0) is 50.1 Å². The zero-order valence-electron chi connectivity index (χ0n) is 13.7. The van der Waals surface area contributed by atoms with E-state index >= 15 is 0 Å². The van der Waals surface area contributed by atoms with Gasteiger partial charge in [-0.2, -0.15) is 0 Å². The van der Waals surface area contributed by atoms with Gasteiger partial charge in [0.25, 0.3) is 0 Å². The number of ether oxygens (including phenoxy) is 2. The Kier molecular flexibility index (Phi) is 5.27. The fourth-order valence-corrected chi connectivity index (χ4v) is 2.35. The monoisotopic (exact) mass is 314 g/mol. The van der Waals surface area contributed by atoms with E-state index < -0.39 is 11.6 Å². The smallest absolute Gasteiger partial charge is 0.350 e. The summed E-state index contributed by atoms with van der Waals surface area (Å²) in [7, 11) is 0. The predicted molar refractivity (Wildman–Crippen MR) is 88.7 cm³/mol. The quantitative estimate of drug-likeness (QED) is 0.827. The number of aromatic hydroxyl groups is 1. The first-order chi connectivity index (χ1) is 10.9. The number of carbonyl (C=O) groups is 1. The highest BCUT2D eigenvalue weighted by Gasteiger charge is 2.38. The molecule has 0 saturated carbocycles. The Balaban J connectivity index is 2.30. The van der Waals surface area contributed by atoms with Crippen molar-refractivity contribution in [2.45, 2.75) is 32.8 Å². The van der Waals surface area contributed by atoms with Gasteiger partial charge in [0.15, 0.2) is 0 Å². The van der Waals surface area contributed by atoms with Gasteiger partial charge in [-0.1, -0.05) is 30.3 Å². The average Bonchev–Trinajstić information content (AvgIpc) is 2.52. The summed E-state index contributed by atoms with van der Waals surface area (Å²) in [4.78, 5) is 12.5. The minimum absolute atomic E-state index is 0.186. The van der Waals surface area contributed by atoms with Crippen LogP contribution in [0, 0.1) is 6.92 Å². The van der Waals surface area contributed by atoms with Crippen LogP contribution in [0.25, 0.3) is 0 Å². The van der Waals surface area contributed by atoms with Gasteiger partial charge in [-0.25, -0.2) is 4.79 Å². The fraction of sp³-hybridized carbons (Fsp3) is 0.316. The van der Waals surface area contributed by atoms with E-state index in [4.69, 9.17) is 9.47 Å². The first-order valence-corrected chi connectivity index (χ1v) is 7.64. The second-order valence-corrected chi connectivity index (χ2v) is 5.66. The van der Waals surface area contributed by atoms with Crippen LogP contribution in [0.3, 0.4) is 0 Å². The summed E-state index contributed by atoms with van der Waals surface area (Å²) >= 11 is 0. The van der Waals surface area contributed by atoms with Gasteiger partial charge >= 0.3 is 5.97 Å². The highest BCUT2D eigenvalue weighted by Crippen LogP contribution is 2.27. The summed E-state index contributed by atoms with van der Waals surface area (Å²) in [5.74, 6) is 0.435. The van der Waals surface area contributed by atoms with Gasteiger partial charge < -0.3 is 14.6 Å². The first-order valence-electron chi connectivity index (χ1n) is 7.64. The van der Waals surface area contributed by atoms with Crippen LogP contribution < -0.4 is 4.74 Å². The van der Waals surface area contributed by atoms with E-state index in [1.807, 2.05) is 31.2 Å². The van der Waals surface area contributed by atoms with Gasteiger partial charge in [0.2, 0.25) is 5.60 Å². The van der Waals surface area contributed by atoms with E-state index in [0.717, 1.165) is 11.1 Å². The average molecular weight is 314 g/mol. The summed E-state index contributed by atoms with van der Waals surface area (Å²) < 4.78 is 11.2. The molecule has 122 valence electrons. The Morgan fingerprint density at radius 3 is 2.39 bits per heavy atom. The van der Waals surface area contributed by atoms with Crippen molar-refractivity contribution in [2.24, 2.45) is 0 Å². The topological polar surface area (TPSA) is 55.8 Å². The predicted octanol–water partition coefficient (Wildman–Crippen LogP) is 3.64. The van der Waals surface area contributed by atoms with Crippen LogP contribution in [0.15, 0.2) is 48.5 Å². The Hall–Kier alpha value is -2.49. The van der Waals surface area contributed by atoms with Crippen LogP contribution in [0.2, 0.25) is 0 Å². The normalized spacial score (nSPS) is 13.2. The lowest BCUT2D eigenvalue weighted by Crippen LogP contribution is -2.45. The molecule has 0 fully saturated rings. The molecule has 1 N–H and O–H groups in total. The Bertz CT molecular complexity index is 663. The van der Waals surface area contributed by atoms with Crippen LogP contribution >= 0.6 is 0 Å². The van der Waals surface area contributed by atoms with Crippen molar-refractivity contribution >= 4 is 5.97 Å². The van der Waals surface area contributed by atoms with Crippen LogP contribution in [-0.4, -0.2) is 23.3 Å². The molecule has 0 aromatic heterocycles. The minimum Gasteiger partial charge on any atom is -0.508 e. The maximum Gasteiger partial charge on any atom is 0.350 e. The van der Waals surface area contributed by atoms with Crippen molar-refractivity contribution in [1.82, 2.24) is 0 Å². The molecular formula is C19H22O4. The molecule has 0 amide bonds. The molecule has 1 atom stereocenters. The maximum absolute atomic E-state index is 12.5. The summed E-state index contributed by atoms with van der Waals surface area (Å²) in [5.41, 5.74) is 0.694. The zero-order chi connectivity index (χ0) is 16.9. The van der Waals surface area contributed by atoms with Gasteiger partial charge in [-0.3, -0.25) is 0 Å². The number of hydrogen-bond donors (Lipinski definition) is 1. The summed E-state index contributed by atoms with van der Waals surface area (Å²) in [6.07, 6.45) is 0.348. The number of phenolic OH excluding ortho intramolecular Hbond substituents is 1. The van der Waals surface area contributed by atoms with Crippen LogP contribution in [-0.2, 0) is 16.0 Å². The molecule has 2 aromatic carbocycles. The molecule has 0 heterocycles. The Morgan fingerprint density at radius 1 is 1.13 bits per heavy atom. The number of carbonyl (C=O) groups excluding carboxylic acids is 1. The molecule has 1 unspecified atom stereocenters. The maximum atomic E-state index is 12.5. The fourth-order valence-electron chi connectivity index (χ4n) is 2.35. The molecular weight excluding hydrogens is 292 g/mol. The van der Waals surface area contributed by atoms with Crippen LogP contribution in [0.4, 0.5) is 0 Å². The van der Waals surface area contributed by atoms with Crippen molar-refractivity contribution in [3.63, 3.8) is 0 Å². The lowest BCUT2D eigenvalue weighted by molar-refractivity contribution is -0.160. The number of para-hydroxylation sites is 1. The van der Waals surface area contributed by atoms with Gasteiger partial charge in [-0.15, -0.1) is 0 Å². The summed E-state index contributed by atoms with van der Waals surface area (Å²) in [5, 5.41) is 9.40. The molecule has 0 spiro atoms. The van der Waals surface area contributed by atoms with Crippen molar-refractivity contribution in [3.05, 3.63) is 59.7 Å². The highest BCUT2D eigenvalue weighted by molar-refractivity contribution is 5.80. The van der Waals surface area contributed by atoms with Gasteiger partial charge in [0, 0.05) is 6.42 Å². The lowest BCUT2D eigenvalue weighted by atomic mass is 9.96. The van der Waals surface area contributed by atoms with E-state index in [9.17, 15) is 9.90 Å². The molecule has 2 rings (SSSR count). The molecule has 0 bridgehead atoms. The van der Waals surface area contributed by atoms with Crippen LogP contribution in [0.1, 0.15) is 25.0 Å². The highest BCUT2D eigenvalue weighted by atomic mass is 16.6. The second kappa shape index (κ2) is 7.18. The van der Waals surface area contributed by atoms with E-state index in [2.05, 4.69) is 0 Å². The van der Waals surface area contributed by atoms with E-state index in [-0.39, 0.29) is 5.75 Å². The number of rotatable bonds is 6. The number of phenols is 1. The number of aryl methyl sites for hydroxylation is 1. The molecule has 0 aliphatic carbocycles. The standard InChI is InChI=1S/C19H22O4/c1-4-22-18(21)19(3,13-15-9-11-16(20)12-10-15)23-17-8-6-5-7-14(17)2/h5-12,20H,4,13H2,1-3H3. The molecule has 0 aliphatic heterocycles. The van der Waals surface area contributed by atoms with Gasteiger partial charge in [0.1, 0.15) is 11.5 Å². The van der Waals surface area contributed by atoms with E-state index in [1.165, 1.54) is 0 Å². The Labute approximate surface area is 136 Å². The molecule has 23 heavy (non-hydrogen) atoms. The summed E-state index contributed by atoms with van der Waals surface area (Å²) in [6.45, 7) is 5.72. The third-order valence-corrected chi connectivity index (χ3v) is 3.61. The molecule has 0 saturated heterocycles. The second-order valence-electron chi connectivity index (χ2n) is 5.66. The molecule has 2 aromatic rings. The van der Waals surface area contributed by atoms with Crippen molar-refractivity contribution in [2.75, 3.05) is 6.61 Å². The zero-order valence-corrected chi connectivity index (χ0v) is 13.7. The molecule has 0 aliphatic rings. The van der Waals surface area contributed by atoms with Crippen molar-refractivity contribution < 1.29 is 19.4 Å². The van der Waals surface area contributed by atoms with E-state index in [0.29, 0.717) is 18.8 Å². The van der Waals surface area contributed by atoms with Crippen molar-refractivity contribution in [3.8, 4) is 11.5 Å². The van der Waals surface area contributed by atoms with Crippen molar-refractivity contribution in [1.29, 1.82) is 0 Å². The molecule has 4 nitrogen and oxygen atoms in total. The third kappa shape index (κ3) is 4.25. The molecule has 4 heteroatoms. The Morgan fingerprint density at radius 2 is 1.78 bits per heavy atom. The number of benzene rings is 2. The SMILES string of the molecule is CCOC(=O)C(C)(Cc1ccc(O)cc1)Oc1ccccc1C. The third-order valence-electron chi connectivity index (χ3n) is 3.61. The van der Waals surface area contributed by atoms with E-state index in [1.54, 1.807) is 38.1 Å². The lowest BCUT2D eigenvalue weighted by Gasteiger charge is -2.29. The minimum atomic E-state index is -1.14. The number of esters is 1. The number of hydrogen-bond acceptors (Lipinski definition) is 4. The first kappa shape index (κ1) is 16.9. The van der Waals surface area contributed by atoms with Crippen LogP contribution in [0.5, 0.6) is 11.5 Å². The summed E-state index contributed by atoms with van der Waals surface area (Å²) in [6, 6.07) is 14.3. The largest absolute Gasteiger partial charge is 0.508 e. The molecule has 0 radical (unpaired) electrons. The van der Waals surface area contributed by atoms with Gasteiger partial charge in [0.05, 0.1) is 6.61 Å².